The summed E-state index contributed by atoms with van der Waals surface area (Å²) in [5.41, 5.74) is 36.9. The summed E-state index contributed by atoms with van der Waals surface area (Å²) >= 11 is 0. The van der Waals surface area contributed by atoms with Gasteiger partial charge < -0.3 is 23.4 Å². The molecule has 0 saturated carbocycles. The van der Waals surface area contributed by atoms with Crippen molar-refractivity contribution in [2.24, 2.45) is 0 Å². The zero-order chi connectivity index (χ0) is 75.3. The topological polar surface area (TPSA) is 29.5 Å². The van der Waals surface area contributed by atoms with Gasteiger partial charge in [0, 0.05) is 83.4 Å². The molecule has 6 heteroatoms. The Kier molecular flexibility index (Phi) is 14.5. The van der Waals surface area contributed by atoms with Crippen LogP contribution in [0.4, 0.5) is 34.1 Å². The fraction of sp³-hybridized carbons (Fsp3) is 0.151. The molecule has 0 saturated heterocycles. The summed E-state index contributed by atoms with van der Waals surface area (Å²) in [5, 5.41) is 7.07. The van der Waals surface area contributed by atoms with Crippen molar-refractivity contribution in [1.29, 1.82) is 0 Å². The van der Waals surface area contributed by atoms with Crippen molar-refractivity contribution < 1.29 is 4.42 Å². The van der Waals surface area contributed by atoms with Gasteiger partial charge in [0.15, 0.2) is 0 Å². The minimum atomic E-state index is -0.218. The molecule has 3 aromatic heterocycles. The minimum Gasteiger partial charge on any atom is -0.455 e. The lowest BCUT2D eigenvalue weighted by Crippen LogP contribution is -2.61. The third kappa shape index (κ3) is 10.2. The van der Waals surface area contributed by atoms with E-state index in [0.29, 0.717) is 0 Å². The van der Waals surface area contributed by atoms with E-state index in [0.717, 1.165) is 113 Å². The van der Waals surface area contributed by atoms with Crippen molar-refractivity contribution >= 4 is 123 Å². The highest BCUT2D eigenvalue weighted by Crippen LogP contribution is 2.53. The number of benzene rings is 15. The number of nitrogens with zero attached hydrogens (tertiary/aromatic N) is 4. The molecule has 0 N–H and O–H groups in total. The highest BCUT2D eigenvalue weighted by molar-refractivity contribution is 7.00. The van der Waals surface area contributed by atoms with E-state index in [-0.39, 0.29) is 28.4 Å². The number of hydrogen-bond donors (Lipinski definition) is 0. The molecular formula is C106H85BN4O. The van der Waals surface area contributed by atoms with Gasteiger partial charge in [-0.1, -0.05) is 274 Å². The van der Waals surface area contributed by atoms with E-state index in [1.54, 1.807) is 0 Å². The summed E-state index contributed by atoms with van der Waals surface area (Å²) in [6.07, 6.45) is 4.66. The van der Waals surface area contributed by atoms with Gasteiger partial charge in [0.1, 0.15) is 11.2 Å². The lowest BCUT2D eigenvalue weighted by Gasteiger charge is -2.44. The number of hydrogen-bond acceptors (Lipinski definition) is 3. The predicted molar refractivity (Wildman–Crippen MR) is 474 cm³/mol. The Labute approximate surface area is 655 Å². The van der Waals surface area contributed by atoms with E-state index in [1.165, 1.54) is 118 Å². The fourth-order valence-corrected chi connectivity index (χ4v) is 20.2. The van der Waals surface area contributed by atoms with Crippen LogP contribution in [-0.4, -0.2) is 15.8 Å². The molecule has 538 valence electrons. The Balaban J connectivity index is 0.814. The molecule has 112 heavy (non-hydrogen) atoms. The molecule has 0 spiro atoms. The monoisotopic (exact) mass is 1440 g/mol. The molecule has 4 aliphatic rings. The Morgan fingerprint density at radius 1 is 0.259 bits per heavy atom. The van der Waals surface area contributed by atoms with Crippen LogP contribution in [0.2, 0.25) is 0 Å². The quantitative estimate of drug-likeness (QED) is 0.135. The maximum absolute atomic E-state index is 7.14. The number of aromatic nitrogens is 2. The first-order valence-electron chi connectivity index (χ1n) is 40.1. The average Bonchev–Trinajstić information content (AvgIpc) is 0.810. The number of furan rings is 1. The molecule has 18 aromatic rings. The highest BCUT2D eigenvalue weighted by Gasteiger charge is 2.45. The van der Waals surface area contributed by atoms with Gasteiger partial charge in [0.05, 0.1) is 22.1 Å². The molecule has 5 nitrogen and oxygen atoms in total. The SMILES string of the molecule is CC1(C)CCC(C)(C)c2cc(-c3ccc(N4c5cc(-n6c7ccccc7c7cc(-c8ccccc8)ccc76)ccc5B5c6ccc(-n7c8ccccc8c8cc(-c9ccccc9)ccc87)cc6N(c6ccc(-c7ccc8c(c7)C(C)(C)CCC8(C)C)cc6)c6cc(-c7cccc8c7oc7ccccc78)cc4c65)cc3)ccc21. The van der Waals surface area contributed by atoms with Crippen molar-refractivity contribution in [3.05, 3.63) is 344 Å². The first-order chi connectivity index (χ1) is 54.5. The molecule has 5 heterocycles. The molecule has 0 radical (unpaired) electrons. The summed E-state index contributed by atoms with van der Waals surface area (Å²) in [4.78, 5) is 5.23. The van der Waals surface area contributed by atoms with Crippen molar-refractivity contribution in [2.45, 2.75) is 103 Å². The lowest BCUT2D eigenvalue weighted by atomic mass is 9.33. The van der Waals surface area contributed by atoms with E-state index >= 15 is 0 Å². The largest absolute Gasteiger partial charge is 0.455 e. The van der Waals surface area contributed by atoms with Crippen molar-refractivity contribution in [1.82, 2.24) is 9.13 Å². The van der Waals surface area contributed by atoms with Crippen LogP contribution in [0.1, 0.15) is 103 Å². The van der Waals surface area contributed by atoms with E-state index in [4.69, 9.17) is 4.42 Å². The maximum atomic E-state index is 7.14. The third-order valence-electron chi connectivity index (χ3n) is 26.5. The third-order valence-corrected chi connectivity index (χ3v) is 26.5. The molecule has 22 rings (SSSR count). The van der Waals surface area contributed by atoms with Crippen LogP contribution < -0.4 is 26.2 Å². The molecule has 2 aliphatic carbocycles. The lowest BCUT2D eigenvalue weighted by molar-refractivity contribution is 0.332. The molecule has 0 bridgehead atoms. The molecule has 15 aromatic carbocycles. The summed E-state index contributed by atoms with van der Waals surface area (Å²) in [7, 11) is 0. The first kappa shape index (κ1) is 66.4. The smallest absolute Gasteiger partial charge is 0.252 e. The standard InChI is InChI=1S/C106H85BN4O/c1-103(2)54-56-105(5,6)88-60-72(38-48-86(88)103)68-34-42-75(43-35-68)108-96-64-77(110-92-31-18-15-26-80(92)84-58-70(40-52-94(84)110)66-22-11-9-12-23-66)46-50-90(96)107-91-51-47-78(111-93-32-19-16-27-81(93)85-59-71(41-53-95(85)111)67-24-13-10-14-25-67)65-97(91)109(76-44-36-69(37-45-76)73-39-49-87-89(61-73)106(7,8)57-55-104(87,3)4)99-63-74(62-98(108)101(99)107)79-29-21-30-83-82-28-17-20-33-100(82)112-102(79)83/h9-53,58-65H,54-57H2,1-8H3. The van der Waals surface area contributed by atoms with E-state index in [1.807, 2.05) is 0 Å². The van der Waals surface area contributed by atoms with Crippen molar-refractivity contribution in [2.75, 3.05) is 9.80 Å². The highest BCUT2D eigenvalue weighted by atomic mass is 16.3. The normalized spacial score (nSPS) is 15.6. The van der Waals surface area contributed by atoms with Gasteiger partial charge in [0.25, 0.3) is 6.71 Å². The summed E-state index contributed by atoms with van der Waals surface area (Å²) in [5.74, 6) is 0. The summed E-state index contributed by atoms with van der Waals surface area (Å²) in [6, 6.07) is 122. The molecule has 0 unspecified atom stereocenters. The number of anilines is 6. The van der Waals surface area contributed by atoms with Crippen LogP contribution in [0, 0.1) is 0 Å². The summed E-state index contributed by atoms with van der Waals surface area (Å²) in [6.45, 7) is 19.2. The Bertz CT molecular complexity index is 6590. The van der Waals surface area contributed by atoms with Gasteiger partial charge in [-0.05, 0) is 239 Å². The Hall–Kier alpha value is -12.6. The van der Waals surface area contributed by atoms with Crippen LogP contribution >= 0.6 is 0 Å². The molecule has 2 aliphatic heterocycles. The van der Waals surface area contributed by atoms with Gasteiger partial charge >= 0.3 is 0 Å². The van der Waals surface area contributed by atoms with Gasteiger partial charge in [-0.25, -0.2) is 0 Å². The van der Waals surface area contributed by atoms with Crippen LogP contribution in [0.25, 0.3) is 133 Å². The second-order valence-corrected chi connectivity index (χ2v) is 34.8. The van der Waals surface area contributed by atoms with Gasteiger partial charge in [-0.15, -0.1) is 0 Å². The molecular weight excluding hydrogens is 1360 g/mol. The van der Waals surface area contributed by atoms with Gasteiger partial charge in [-0.2, -0.15) is 0 Å². The second-order valence-electron chi connectivity index (χ2n) is 34.8. The summed E-state index contributed by atoms with van der Waals surface area (Å²) < 4.78 is 12.2. The number of fused-ring (bicyclic) bond motifs is 15. The van der Waals surface area contributed by atoms with Crippen LogP contribution in [0.15, 0.2) is 326 Å². The zero-order valence-corrected chi connectivity index (χ0v) is 64.7. The Morgan fingerprint density at radius 3 is 1.12 bits per heavy atom. The van der Waals surface area contributed by atoms with E-state index in [9.17, 15) is 0 Å². The fourth-order valence-electron chi connectivity index (χ4n) is 20.2. The maximum Gasteiger partial charge on any atom is 0.252 e. The van der Waals surface area contributed by atoms with E-state index in [2.05, 4.69) is 396 Å². The van der Waals surface area contributed by atoms with Crippen LogP contribution in [-0.2, 0) is 21.7 Å². The predicted octanol–water partition coefficient (Wildman–Crippen LogP) is 26.9. The first-order valence-corrected chi connectivity index (χ1v) is 40.1. The zero-order valence-electron chi connectivity index (χ0n) is 64.7. The minimum absolute atomic E-state index is 0.0643. The molecule has 0 fully saturated rings. The second kappa shape index (κ2) is 24.4. The van der Waals surface area contributed by atoms with Crippen LogP contribution in [0.5, 0.6) is 0 Å². The average molecular weight is 1440 g/mol. The molecule has 0 amide bonds. The van der Waals surface area contributed by atoms with E-state index < -0.39 is 0 Å². The number of para-hydroxylation sites is 4. The van der Waals surface area contributed by atoms with Gasteiger partial charge in [-0.3, -0.25) is 0 Å². The van der Waals surface area contributed by atoms with Crippen molar-refractivity contribution in [3.8, 4) is 67.0 Å². The number of rotatable bonds is 9. The Morgan fingerprint density at radius 2 is 0.634 bits per heavy atom. The van der Waals surface area contributed by atoms with Gasteiger partial charge in [0.2, 0.25) is 0 Å². The molecule has 0 atom stereocenters. The van der Waals surface area contributed by atoms with Crippen LogP contribution in [0.3, 0.4) is 0 Å². The van der Waals surface area contributed by atoms with Crippen molar-refractivity contribution in [3.63, 3.8) is 0 Å².